The molecular weight excluding hydrogens is 202 g/mol. The van der Waals surface area contributed by atoms with Crippen molar-refractivity contribution in [1.82, 2.24) is 4.90 Å². The second-order valence-electron chi connectivity index (χ2n) is 6.02. The maximum Gasteiger partial charge on any atom is 0.227 e. The molecule has 94 valence electrons. The Kier molecular flexibility index (Phi) is 4.36. The minimum atomic E-state index is -0.289. The summed E-state index contributed by atoms with van der Waals surface area (Å²) in [5, 5.41) is 9.07. The van der Waals surface area contributed by atoms with E-state index in [2.05, 4.69) is 0 Å². The van der Waals surface area contributed by atoms with E-state index in [1.807, 2.05) is 32.7 Å². The number of carbonyl (C=O) groups excluding carboxylic acids is 1. The highest BCUT2D eigenvalue weighted by Crippen LogP contribution is 2.29. The summed E-state index contributed by atoms with van der Waals surface area (Å²) in [7, 11) is 1.91. The fraction of sp³-hybridized carbons (Fsp3) is 0.923. The van der Waals surface area contributed by atoms with Crippen molar-refractivity contribution in [3.8, 4) is 0 Å². The van der Waals surface area contributed by atoms with Crippen LogP contribution in [0.15, 0.2) is 0 Å². The van der Waals surface area contributed by atoms with Gasteiger partial charge in [0.2, 0.25) is 5.91 Å². The Labute approximate surface area is 98.8 Å². The summed E-state index contributed by atoms with van der Waals surface area (Å²) in [4.78, 5) is 14.0. The first-order valence-corrected chi connectivity index (χ1v) is 6.24. The first kappa shape index (κ1) is 13.5. The largest absolute Gasteiger partial charge is 0.396 e. The number of nitrogens with zero attached hydrogens (tertiary/aromatic N) is 1. The molecule has 0 aromatic rings. The zero-order valence-electron chi connectivity index (χ0n) is 11.0. The van der Waals surface area contributed by atoms with Crippen LogP contribution in [0, 0.1) is 11.3 Å². The lowest BCUT2D eigenvalue weighted by Gasteiger charge is -2.37. The van der Waals surface area contributed by atoms with Crippen molar-refractivity contribution in [3.05, 3.63) is 0 Å². The molecule has 1 saturated carbocycles. The number of amides is 1. The zero-order chi connectivity index (χ0) is 12.3. The van der Waals surface area contributed by atoms with E-state index in [4.69, 9.17) is 5.11 Å². The summed E-state index contributed by atoms with van der Waals surface area (Å²) in [6, 6.07) is 0.370. The maximum absolute atomic E-state index is 12.1. The second-order valence-corrected chi connectivity index (χ2v) is 6.02. The van der Waals surface area contributed by atoms with Gasteiger partial charge in [-0.3, -0.25) is 4.79 Å². The van der Waals surface area contributed by atoms with Crippen LogP contribution in [0.5, 0.6) is 0 Å². The molecule has 1 amide bonds. The van der Waals surface area contributed by atoms with Gasteiger partial charge in [-0.1, -0.05) is 20.8 Å². The molecule has 0 aliphatic heterocycles. The lowest BCUT2D eigenvalue weighted by Crippen LogP contribution is -2.44. The van der Waals surface area contributed by atoms with Gasteiger partial charge in [-0.05, 0) is 31.6 Å². The van der Waals surface area contributed by atoms with Gasteiger partial charge >= 0.3 is 0 Å². The van der Waals surface area contributed by atoms with Crippen molar-refractivity contribution in [2.24, 2.45) is 11.3 Å². The van der Waals surface area contributed by atoms with Crippen LogP contribution in [0.1, 0.15) is 46.5 Å². The Balaban J connectivity index is 2.50. The van der Waals surface area contributed by atoms with Gasteiger partial charge in [-0.25, -0.2) is 0 Å². The normalized spacial score (nSPS) is 26.6. The lowest BCUT2D eigenvalue weighted by atomic mass is 9.84. The fourth-order valence-corrected chi connectivity index (χ4v) is 2.41. The van der Waals surface area contributed by atoms with Crippen molar-refractivity contribution in [2.75, 3.05) is 13.7 Å². The van der Waals surface area contributed by atoms with E-state index in [9.17, 15) is 4.79 Å². The number of aliphatic hydroxyl groups excluding tert-OH is 1. The topological polar surface area (TPSA) is 40.5 Å². The molecule has 1 aliphatic rings. The molecule has 0 spiro atoms. The van der Waals surface area contributed by atoms with Crippen LogP contribution < -0.4 is 0 Å². The zero-order valence-corrected chi connectivity index (χ0v) is 11.0. The van der Waals surface area contributed by atoms with Gasteiger partial charge in [0, 0.05) is 25.1 Å². The molecule has 0 heterocycles. The third-order valence-corrected chi connectivity index (χ3v) is 3.58. The van der Waals surface area contributed by atoms with Crippen LogP contribution >= 0.6 is 0 Å². The molecule has 0 atom stereocenters. The van der Waals surface area contributed by atoms with Crippen LogP contribution in [0.2, 0.25) is 0 Å². The van der Waals surface area contributed by atoms with Crippen molar-refractivity contribution in [1.29, 1.82) is 0 Å². The van der Waals surface area contributed by atoms with Gasteiger partial charge in [0.25, 0.3) is 0 Å². The Bertz CT molecular complexity index is 237. The molecule has 0 saturated heterocycles. The molecule has 0 unspecified atom stereocenters. The Hall–Kier alpha value is -0.570. The molecule has 3 nitrogen and oxygen atoms in total. The minimum absolute atomic E-state index is 0.222. The van der Waals surface area contributed by atoms with Gasteiger partial charge < -0.3 is 10.0 Å². The van der Waals surface area contributed by atoms with E-state index in [1.54, 1.807) is 0 Å². The Morgan fingerprint density at radius 2 is 1.75 bits per heavy atom. The highest BCUT2D eigenvalue weighted by Gasteiger charge is 2.31. The third kappa shape index (κ3) is 3.21. The fourth-order valence-electron chi connectivity index (χ4n) is 2.41. The number of hydrogen-bond donors (Lipinski definition) is 1. The highest BCUT2D eigenvalue weighted by atomic mass is 16.3. The summed E-state index contributed by atoms with van der Waals surface area (Å²) >= 11 is 0. The summed E-state index contributed by atoms with van der Waals surface area (Å²) in [6.07, 6.45) is 4.15. The smallest absolute Gasteiger partial charge is 0.227 e. The average Bonchev–Trinajstić information content (AvgIpc) is 2.26. The molecule has 0 aromatic carbocycles. The highest BCUT2D eigenvalue weighted by molar-refractivity contribution is 5.81. The first-order valence-electron chi connectivity index (χ1n) is 6.24. The van der Waals surface area contributed by atoms with Gasteiger partial charge in [0.15, 0.2) is 0 Å². The molecule has 3 heteroatoms. The summed E-state index contributed by atoms with van der Waals surface area (Å²) in [5.41, 5.74) is -0.289. The Morgan fingerprint density at radius 3 is 2.12 bits per heavy atom. The third-order valence-electron chi connectivity index (χ3n) is 3.58. The summed E-state index contributed by atoms with van der Waals surface area (Å²) < 4.78 is 0. The molecule has 1 N–H and O–H groups in total. The number of aliphatic hydroxyl groups is 1. The molecule has 0 bridgehead atoms. The lowest BCUT2D eigenvalue weighted by molar-refractivity contribution is -0.141. The van der Waals surface area contributed by atoms with Crippen LogP contribution in [0.4, 0.5) is 0 Å². The molecular formula is C13H25NO2. The van der Waals surface area contributed by atoms with E-state index in [1.165, 1.54) is 0 Å². The Morgan fingerprint density at radius 1 is 1.25 bits per heavy atom. The number of hydrogen-bond acceptors (Lipinski definition) is 2. The van der Waals surface area contributed by atoms with E-state index in [0.29, 0.717) is 18.6 Å². The van der Waals surface area contributed by atoms with Crippen molar-refractivity contribution in [3.63, 3.8) is 0 Å². The van der Waals surface area contributed by atoms with Crippen molar-refractivity contribution in [2.45, 2.75) is 52.5 Å². The van der Waals surface area contributed by atoms with Crippen LogP contribution in [0.3, 0.4) is 0 Å². The van der Waals surface area contributed by atoms with E-state index in [-0.39, 0.29) is 11.3 Å². The first-order chi connectivity index (χ1) is 7.36. The molecule has 0 aromatic heterocycles. The maximum atomic E-state index is 12.1. The SMILES string of the molecule is CN(C(=O)C(C)(C)C)C1CCC(CO)CC1. The predicted octanol–water partition coefficient (Wildman–Crippen LogP) is 2.04. The van der Waals surface area contributed by atoms with Crippen LogP contribution in [-0.4, -0.2) is 35.6 Å². The standard InChI is InChI=1S/C13H25NO2/c1-13(2,3)12(16)14(4)11-7-5-10(9-15)6-8-11/h10-11,15H,5-9H2,1-4H3. The van der Waals surface area contributed by atoms with Crippen LogP contribution in [0.25, 0.3) is 0 Å². The van der Waals surface area contributed by atoms with E-state index in [0.717, 1.165) is 25.7 Å². The minimum Gasteiger partial charge on any atom is -0.396 e. The summed E-state index contributed by atoms with van der Waals surface area (Å²) in [6.45, 7) is 6.19. The van der Waals surface area contributed by atoms with Gasteiger partial charge in [0.1, 0.15) is 0 Å². The molecule has 1 rings (SSSR count). The number of carbonyl (C=O) groups is 1. The van der Waals surface area contributed by atoms with Crippen molar-refractivity contribution < 1.29 is 9.90 Å². The quantitative estimate of drug-likeness (QED) is 0.784. The predicted molar refractivity (Wildman–Crippen MR) is 65.1 cm³/mol. The number of rotatable bonds is 2. The monoisotopic (exact) mass is 227 g/mol. The van der Waals surface area contributed by atoms with E-state index >= 15 is 0 Å². The second kappa shape index (κ2) is 5.17. The van der Waals surface area contributed by atoms with Gasteiger partial charge in [0.05, 0.1) is 0 Å². The molecule has 16 heavy (non-hydrogen) atoms. The average molecular weight is 227 g/mol. The molecule has 1 aliphatic carbocycles. The molecule has 1 fully saturated rings. The van der Waals surface area contributed by atoms with Gasteiger partial charge in [-0.15, -0.1) is 0 Å². The molecule has 0 radical (unpaired) electrons. The van der Waals surface area contributed by atoms with E-state index < -0.39 is 0 Å². The van der Waals surface area contributed by atoms with Crippen LogP contribution in [-0.2, 0) is 4.79 Å². The van der Waals surface area contributed by atoms with Crippen molar-refractivity contribution >= 4 is 5.91 Å². The summed E-state index contributed by atoms with van der Waals surface area (Å²) in [5.74, 6) is 0.675. The van der Waals surface area contributed by atoms with Gasteiger partial charge in [-0.2, -0.15) is 0 Å².